The van der Waals surface area contributed by atoms with Crippen LogP contribution in [0, 0.1) is 11.8 Å². The van der Waals surface area contributed by atoms with Crippen LogP contribution in [0.15, 0.2) is 0 Å². The van der Waals surface area contributed by atoms with E-state index in [2.05, 4.69) is 32.6 Å². The maximum atomic E-state index is 13.2. The van der Waals surface area contributed by atoms with Crippen LogP contribution in [-0.2, 0) is 19.1 Å². The van der Waals surface area contributed by atoms with Gasteiger partial charge >= 0.3 is 5.97 Å². The number of hydrogen-bond acceptors (Lipinski definition) is 5. The van der Waals surface area contributed by atoms with Crippen LogP contribution in [0.4, 0.5) is 0 Å². The predicted octanol–water partition coefficient (Wildman–Crippen LogP) is 1.92. The molecule has 2 aliphatic heterocycles. The zero-order valence-corrected chi connectivity index (χ0v) is 16.4. The van der Waals surface area contributed by atoms with Crippen molar-refractivity contribution in [3.8, 4) is 0 Å². The molecule has 144 valence electrons. The molecule has 0 N–H and O–H groups in total. The number of carbonyl (C=O) groups excluding carboxylic acids is 2. The minimum atomic E-state index is -0.120. The van der Waals surface area contributed by atoms with Gasteiger partial charge in [-0.3, -0.25) is 14.5 Å². The van der Waals surface area contributed by atoms with Crippen LogP contribution in [0.5, 0.6) is 0 Å². The van der Waals surface area contributed by atoms with Crippen molar-refractivity contribution in [2.75, 3.05) is 32.8 Å². The Hall–Kier alpha value is -1.14. The minimum Gasteiger partial charge on any atom is -0.466 e. The Labute approximate surface area is 151 Å². The smallest absolute Gasteiger partial charge is 0.309 e. The molecule has 2 fully saturated rings. The maximum Gasteiger partial charge on any atom is 0.309 e. The molecule has 3 unspecified atom stereocenters. The van der Waals surface area contributed by atoms with Crippen molar-refractivity contribution in [2.24, 2.45) is 11.8 Å². The van der Waals surface area contributed by atoms with Crippen LogP contribution in [-0.4, -0.2) is 72.7 Å². The third-order valence-corrected chi connectivity index (χ3v) is 5.15. The molecular formula is C19H34N2O4. The summed E-state index contributed by atoms with van der Waals surface area (Å²) in [5, 5.41) is 0. The number of esters is 1. The van der Waals surface area contributed by atoms with Gasteiger partial charge in [-0.2, -0.15) is 0 Å². The molecular weight excluding hydrogens is 320 g/mol. The van der Waals surface area contributed by atoms with Gasteiger partial charge in [0.2, 0.25) is 5.91 Å². The van der Waals surface area contributed by atoms with E-state index in [1.165, 1.54) is 0 Å². The van der Waals surface area contributed by atoms with Crippen LogP contribution >= 0.6 is 0 Å². The summed E-state index contributed by atoms with van der Waals surface area (Å²) in [6, 6.07) is -0.118. The van der Waals surface area contributed by atoms with Crippen LogP contribution in [0.1, 0.15) is 47.5 Å². The van der Waals surface area contributed by atoms with Crippen molar-refractivity contribution in [2.45, 2.75) is 65.7 Å². The van der Waals surface area contributed by atoms with Gasteiger partial charge in [-0.05, 0) is 39.5 Å². The van der Waals surface area contributed by atoms with Crippen molar-refractivity contribution in [3.05, 3.63) is 0 Å². The number of nitrogens with zero attached hydrogens (tertiary/aromatic N) is 2. The minimum absolute atomic E-state index is 0.0649. The van der Waals surface area contributed by atoms with Gasteiger partial charge in [-0.1, -0.05) is 13.8 Å². The van der Waals surface area contributed by atoms with Gasteiger partial charge in [0.15, 0.2) is 0 Å². The zero-order valence-electron chi connectivity index (χ0n) is 16.4. The number of hydrogen-bond donors (Lipinski definition) is 0. The van der Waals surface area contributed by atoms with Crippen molar-refractivity contribution in [1.82, 2.24) is 9.80 Å². The highest BCUT2D eigenvalue weighted by molar-refractivity contribution is 5.82. The second-order valence-electron chi connectivity index (χ2n) is 7.75. The number of morpholine rings is 1. The fourth-order valence-electron chi connectivity index (χ4n) is 4.09. The zero-order chi connectivity index (χ0) is 18.6. The molecule has 2 saturated heterocycles. The van der Waals surface area contributed by atoms with Crippen molar-refractivity contribution < 1.29 is 19.1 Å². The number of amides is 1. The average Bonchev–Trinajstić information content (AvgIpc) is 2.54. The summed E-state index contributed by atoms with van der Waals surface area (Å²) < 4.78 is 10.9. The van der Waals surface area contributed by atoms with Crippen LogP contribution in [0.25, 0.3) is 0 Å². The Morgan fingerprint density at radius 1 is 1.12 bits per heavy atom. The summed E-state index contributed by atoms with van der Waals surface area (Å²) in [6.07, 6.45) is 1.69. The summed E-state index contributed by atoms with van der Waals surface area (Å²) >= 11 is 0. The highest BCUT2D eigenvalue weighted by Crippen LogP contribution is 2.24. The Kier molecular flexibility index (Phi) is 7.25. The molecule has 2 rings (SSSR count). The fraction of sp³-hybridized carbons (Fsp3) is 0.895. The first-order valence-electron chi connectivity index (χ1n) is 9.68. The maximum absolute atomic E-state index is 13.2. The van der Waals surface area contributed by atoms with Gasteiger partial charge in [0, 0.05) is 26.2 Å². The van der Waals surface area contributed by atoms with Crippen molar-refractivity contribution in [3.63, 3.8) is 0 Å². The summed E-state index contributed by atoms with van der Waals surface area (Å²) in [4.78, 5) is 29.3. The second-order valence-corrected chi connectivity index (χ2v) is 7.75. The molecule has 0 spiro atoms. The van der Waals surface area contributed by atoms with Crippen molar-refractivity contribution in [1.29, 1.82) is 0 Å². The number of carbonyl (C=O) groups is 2. The molecule has 3 atom stereocenters. The molecule has 0 aliphatic carbocycles. The SMILES string of the molecule is CCOC(=O)C1CCN(C(=O)C(C(C)C)N2CC(C)OC(C)C2)CC1. The first-order chi connectivity index (χ1) is 11.8. The molecule has 2 heterocycles. The highest BCUT2D eigenvalue weighted by atomic mass is 16.5. The largest absolute Gasteiger partial charge is 0.466 e. The number of ether oxygens (including phenoxy) is 2. The van der Waals surface area contributed by atoms with Gasteiger partial charge < -0.3 is 14.4 Å². The van der Waals surface area contributed by atoms with E-state index in [-0.39, 0.29) is 42.0 Å². The molecule has 1 amide bonds. The average molecular weight is 354 g/mol. The lowest BCUT2D eigenvalue weighted by Gasteiger charge is -2.43. The first-order valence-corrected chi connectivity index (χ1v) is 9.68. The molecule has 0 aromatic heterocycles. The normalized spacial score (nSPS) is 27.4. The molecule has 0 aromatic rings. The molecule has 0 saturated carbocycles. The van der Waals surface area contributed by atoms with E-state index in [4.69, 9.17) is 9.47 Å². The molecule has 0 bridgehead atoms. The molecule has 2 aliphatic rings. The Morgan fingerprint density at radius 3 is 2.16 bits per heavy atom. The lowest BCUT2D eigenvalue weighted by molar-refractivity contribution is -0.154. The quantitative estimate of drug-likeness (QED) is 0.706. The number of rotatable bonds is 5. The first kappa shape index (κ1) is 20.2. The van der Waals surface area contributed by atoms with E-state index in [1.54, 1.807) is 0 Å². The Morgan fingerprint density at radius 2 is 1.68 bits per heavy atom. The third-order valence-electron chi connectivity index (χ3n) is 5.15. The summed E-state index contributed by atoms with van der Waals surface area (Å²) in [5.74, 6) is 0.252. The van der Waals surface area contributed by atoms with E-state index < -0.39 is 0 Å². The van der Waals surface area contributed by atoms with E-state index in [1.807, 2.05) is 11.8 Å². The molecule has 0 radical (unpaired) electrons. The van der Waals surface area contributed by atoms with E-state index in [9.17, 15) is 9.59 Å². The van der Waals surface area contributed by atoms with Gasteiger partial charge in [-0.15, -0.1) is 0 Å². The Balaban J connectivity index is 1.98. The predicted molar refractivity (Wildman–Crippen MR) is 96.1 cm³/mol. The highest BCUT2D eigenvalue weighted by Gasteiger charge is 2.38. The molecule has 6 nitrogen and oxygen atoms in total. The van der Waals surface area contributed by atoms with E-state index >= 15 is 0 Å². The third kappa shape index (κ3) is 5.17. The van der Waals surface area contributed by atoms with Gasteiger partial charge in [0.25, 0.3) is 0 Å². The van der Waals surface area contributed by atoms with E-state index in [0.717, 1.165) is 13.1 Å². The fourth-order valence-corrected chi connectivity index (χ4v) is 4.09. The summed E-state index contributed by atoms with van der Waals surface area (Å²) in [6.45, 7) is 13.5. The van der Waals surface area contributed by atoms with Crippen LogP contribution in [0.3, 0.4) is 0 Å². The monoisotopic (exact) mass is 354 g/mol. The summed E-state index contributed by atoms with van der Waals surface area (Å²) in [7, 11) is 0. The molecule has 25 heavy (non-hydrogen) atoms. The topological polar surface area (TPSA) is 59.1 Å². The number of piperidine rings is 1. The van der Waals surface area contributed by atoms with E-state index in [0.29, 0.717) is 32.5 Å². The van der Waals surface area contributed by atoms with Crippen molar-refractivity contribution >= 4 is 11.9 Å². The number of likely N-dealkylation sites (tertiary alicyclic amines) is 1. The van der Waals surface area contributed by atoms with Crippen LogP contribution < -0.4 is 0 Å². The summed E-state index contributed by atoms with van der Waals surface area (Å²) in [5.41, 5.74) is 0. The Bertz CT molecular complexity index is 450. The lowest BCUT2D eigenvalue weighted by Crippen LogP contribution is -2.58. The second kappa shape index (κ2) is 8.99. The van der Waals surface area contributed by atoms with Gasteiger partial charge in [0.1, 0.15) is 0 Å². The van der Waals surface area contributed by atoms with Gasteiger partial charge in [-0.25, -0.2) is 0 Å². The van der Waals surface area contributed by atoms with Crippen LogP contribution in [0.2, 0.25) is 0 Å². The molecule has 0 aromatic carbocycles. The standard InChI is InChI=1S/C19H34N2O4/c1-6-24-19(23)16-7-9-20(10-8-16)18(22)17(13(2)3)21-11-14(4)25-15(5)12-21/h13-17H,6-12H2,1-5H3. The molecule has 6 heteroatoms. The lowest BCUT2D eigenvalue weighted by atomic mass is 9.94. The van der Waals surface area contributed by atoms with Gasteiger partial charge in [0.05, 0.1) is 30.8 Å².